The number of carbonyl (C=O) groups is 2. The summed E-state index contributed by atoms with van der Waals surface area (Å²) in [7, 11) is 3.35. The van der Waals surface area contributed by atoms with Crippen molar-refractivity contribution in [3.05, 3.63) is 30.0 Å². The number of nitrogens with one attached hydrogen (secondary N) is 2. The highest BCUT2D eigenvalue weighted by molar-refractivity contribution is 5.97. The second-order valence-electron chi connectivity index (χ2n) is 9.64. The van der Waals surface area contributed by atoms with Crippen molar-refractivity contribution in [2.24, 2.45) is 0 Å². The van der Waals surface area contributed by atoms with Gasteiger partial charge in [-0.2, -0.15) is 4.98 Å². The molecule has 0 atom stereocenters. The predicted octanol–water partition coefficient (Wildman–Crippen LogP) is 3.25. The molecule has 3 aliphatic rings. The molecule has 0 bridgehead atoms. The third-order valence-electron chi connectivity index (χ3n) is 7.36. The molecule has 1 saturated heterocycles. The molecule has 2 amide bonds. The molecule has 10 nitrogen and oxygen atoms in total. The van der Waals surface area contributed by atoms with Crippen LogP contribution < -0.4 is 25.2 Å². The Balaban J connectivity index is 1.38. The average Bonchev–Trinajstić information content (AvgIpc) is 3.40. The quantitative estimate of drug-likeness (QED) is 0.630. The van der Waals surface area contributed by atoms with Gasteiger partial charge in [-0.15, -0.1) is 0 Å². The molecule has 36 heavy (non-hydrogen) atoms. The van der Waals surface area contributed by atoms with E-state index in [4.69, 9.17) is 14.5 Å². The molecule has 1 saturated carbocycles. The highest BCUT2D eigenvalue weighted by Crippen LogP contribution is 2.37. The van der Waals surface area contributed by atoms with Crippen molar-refractivity contribution >= 4 is 35.0 Å². The van der Waals surface area contributed by atoms with E-state index in [1.165, 1.54) is 12.8 Å². The average molecular weight is 495 g/mol. The van der Waals surface area contributed by atoms with Crippen LogP contribution in [-0.2, 0) is 9.53 Å². The molecule has 2 N–H and O–H groups in total. The van der Waals surface area contributed by atoms with Gasteiger partial charge in [-0.3, -0.25) is 9.59 Å². The lowest BCUT2D eigenvalue weighted by atomic mass is 10.1. The lowest BCUT2D eigenvalue weighted by Crippen LogP contribution is -2.38. The lowest BCUT2D eigenvalue weighted by Gasteiger charge is -2.30. The molecular formula is C26H34N6O4. The van der Waals surface area contributed by atoms with Crippen LogP contribution in [0.5, 0.6) is 5.75 Å². The number of rotatable bonds is 6. The van der Waals surface area contributed by atoms with Gasteiger partial charge in [0.2, 0.25) is 11.9 Å². The Morgan fingerprint density at radius 1 is 1.17 bits per heavy atom. The summed E-state index contributed by atoms with van der Waals surface area (Å²) in [5.41, 5.74) is 1.91. The summed E-state index contributed by atoms with van der Waals surface area (Å²) in [5, 5.41) is 6.33. The number of hydrogen-bond donors (Lipinski definition) is 2. The first kappa shape index (κ1) is 24.3. The van der Waals surface area contributed by atoms with E-state index < -0.39 is 0 Å². The number of hydrogen-bond acceptors (Lipinski definition) is 8. The van der Waals surface area contributed by atoms with Crippen LogP contribution in [0.1, 0.15) is 55.3 Å². The van der Waals surface area contributed by atoms with Crippen LogP contribution in [0.15, 0.2) is 24.4 Å². The van der Waals surface area contributed by atoms with Gasteiger partial charge >= 0.3 is 0 Å². The van der Waals surface area contributed by atoms with Gasteiger partial charge < -0.3 is 29.9 Å². The van der Waals surface area contributed by atoms with Crippen LogP contribution in [0.25, 0.3) is 0 Å². The number of nitrogens with zero attached hydrogens (tertiary/aromatic N) is 4. The second kappa shape index (κ2) is 10.7. The molecule has 2 aliphatic heterocycles. The monoisotopic (exact) mass is 494 g/mol. The maximum absolute atomic E-state index is 12.8. The van der Waals surface area contributed by atoms with Crippen LogP contribution in [0.4, 0.5) is 23.1 Å². The van der Waals surface area contributed by atoms with Gasteiger partial charge in [-0.05, 0) is 43.9 Å². The zero-order valence-electron chi connectivity index (χ0n) is 21.0. The van der Waals surface area contributed by atoms with Gasteiger partial charge in [0.05, 0.1) is 19.0 Å². The van der Waals surface area contributed by atoms with Crippen molar-refractivity contribution in [1.29, 1.82) is 0 Å². The van der Waals surface area contributed by atoms with Gasteiger partial charge in [0.15, 0.2) is 5.82 Å². The SMILES string of the molecule is COc1cc(C(=O)NC2CCOCC2)ccc1Nc1ncc2c(n1)N(C1CCCC1)CCC(=O)N2C. The molecule has 10 heteroatoms. The molecule has 2 fully saturated rings. The number of fused-ring (bicyclic) bond motifs is 1. The molecule has 1 aliphatic carbocycles. The van der Waals surface area contributed by atoms with Crippen LogP contribution >= 0.6 is 0 Å². The minimum Gasteiger partial charge on any atom is -0.495 e. The second-order valence-corrected chi connectivity index (χ2v) is 9.64. The Kier molecular flexibility index (Phi) is 7.22. The molecular weight excluding hydrogens is 460 g/mol. The summed E-state index contributed by atoms with van der Waals surface area (Å²) >= 11 is 0. The summed E-state index contributed by atoms with van der Waals surface area (Å²) in [4.78, 5) is 38.6. The van der Waals surface area contributed by atoms with Gasteiger partial charge in [0, 0.05) is 50.9 Å². The Morgan fingerprint density at radius 2 is 1.94 bits per heavy atom. The van der Waals surface area contributed by atoms with Crippen molar-refractivity contribution in [2.45, 2.75) is 57.0 Å². The van der Waals surface area contributed by atoms with Crippen molar-refractivity contribution in [3.8, 4) is 5.75 Å². The Morgan fingerprint density at radius 3 is 2.69 bits per heavy atom. The Hall–Kier alpha value is -3.40. The van der Waals surface area contributed by atoms with E-state index >= 15 is 0 Å². The van der Waals surface area contributed by atoms with Crippen molar-refractivity contribution in [1.82, 2.24) is 15.3 Å². The minimum atomic E-state index is -0.132. The summed E-state index contributed by atoms with van der Waals surface area (Å²) in [6, 6.07) is 5.79. The normalized spacial score (nSPS) is 19.1. The largest absolute Gasteiger partial charge is 0.495 e. The smallest absolute Gasteiger partial charge is 0.251 e. The molecule has 1 aromatic heterocycles. The molecule has 1 aromatic carbocycles. The van der Waals surface area contributed by atoms with Crippen molar-refractivity contribution in [3.63, 3.8) is 0 Å². The molecule has 192 valence electrons. The lowest BCUT2D eigenvalue weighted by molar-refractivity contribution is -0.118. The maximum atomic E-state index is 12.8. The van der Waals surface area contributed by atoms with Crippen molar-refractivity contribution < 1.29 is 19.1 Å². The molecule has 3 heterocycles. The number of amides is 2. The number of aromatic nitrogens is 2. The first-order valence-corrected chi connectivity index (χ1v) is 12.8. The molecule has 2 aromatic rings. The van der Waals surface area contributed by atoms with E-state index in [1.54, 1.807) is 43.5 Å². The zero-order valence-corrected chi connectivity index (χ0v) is 21.0. The fraction of sp³-hybridized carbons (Fsp3) is 0.538. The Labute approximate surface area is 211 Å². The van der Waals surface area contributed by atoms with Gasteiger partial charge in [0.1, 0.15) is 11.4 Å². The van der Waals surface area contributed by atoms with Crippen LogP contribution in [0.2, 0.25) is 0 Å². The molecule has 0 radical (unpaired) electrons. The minimum absolute atomic E-state index is 0.0670. The summed E-state index contributed by atoms with van der Waals surface area (Å²) < 4.78 is 11.0. The molecule has 0 spiro atoms. The zero-order chi connectivity index (χ0) is 25.1. The fourth-order valence-electron chi connectivity index (χ4n) is 5.24. The van der Waals surface area contributed by atoms with E-state index in [9.17, 15) is 9.59 Å². The number of ether oxygens (including phenoxy) is 2. The van der Waals surface area contributed by atoms with Crippen LogP contribution in [0, 0.1) is 0 Å². The summed E-state index contributed by atoms with van der Waals surface area (Å²) in [5.74, 6) is 1.65. The standard InChI is InChI=1S/C26H34N6O4/c1-31-21-16-27-26(30-24(21)32(12-9-23(31)33)19-5-3-4-6-19)29-20-8-7-17(15-22(20)35-2)25(34)28-18-10-13-36-14-11-18/h7-8,15-16,18-19H,3-6,9-14H2,1-2H3,(H,28,34)(H,27,29,30). The fourth-order valence-corrected chi connectivity index (χ4v) is 5.24. The van der Waals surface area contributed by atoms with E-state index in [-0.39, 0.29) is 17.9 Å². The van der Waals surface area contributed by atoms with Crippen LogP contribution in [-0.4, -0.2) is 67.8 Å². The first-order chi connectivity index (χ1) is 17.5. The predicted molar refractivity (Wildman–Crippen MR) is 137 cm³/mol. The molecule has 0 unspecified atom stereocenters. The van der Waals surface area contributed by atoms with Crippen molar-refractivity contribution in [2.75, 3.05) is 49.0 Å². The number of anilines is 4. The number of methoxy groups -OCH3 is 1. The summed E-state index contributed by atoms with van der Waals surface area (Å²) in [6.07, 6.45) is 8.40. The highest BCUT2D eigenvalue weighted by Gasteiger charge is 2.31. The topological polar surface area (TPSA) is 109 Å². The summed E-state index contributed by atoms with van der Waals surface area (Å²) in [6.45, 7) is 1.98. The van der Waals surface area contributed by atoms with Gasteiger partial charge in [-0.1, -0.05) is 12.8 Å². The van der Waals surface area contributed by atoms with E-state index in [2.05, 4.69) is 20.5 Å². The van der Waals surface area contributed by atoms with E-state index in [0.717, 1.165) is 37.2 Å². The third-order valence-corrected chi connectivity index (χ3v) is 7.36. The van der Waals surface area contributed by atoms with Gasteiger partial charge in [-0.25, -0.2) is 4.98 Å². The third kappa shape index (κ3) is 5.09. The van der Waals surface area contributed by atoms with Crippen LogP contribution in [0.3, 0.4) is 0 Å². The van der Waals surface area contributed by atoms with E-state index in [0.29, 0.717) is 55.2 Å². The first-order valence-electron chi connectivity index (χ1n) is 12.8. The van der Waals surface area contributed by atoms with E-state index in [1.807, 2.05) is 0 Å². The number of benzene rings is 1. The molecule has 5 rings (SSSR count). The highest BCUT2D eigenvalue weighted by atomic mass is 16.5. The Bertz CT molecular complexity index is 1110. The number of carbonyl (C=O) groups excluding carboxylic acids is 2. The maximum Gasteiger partial charge on any atom is 0.251 e. The van der Waals surface area contributed by atoms with Gasteiger partial charge in [0.25, 0.3) is 5.91 Å².